The van der Waals surface area contributed by atoms with Gasteiger partial charge in [-0.25, -0.2) is 0 Å². The lowest BCUT2D eigenvalue weighted by Gasteiger charge is -2.09. The summed E-state index contributed by atoms with van der Waals surface area (Å²) < 4.78 is 1.96. The van der Waals surface area contributed by atoms with Crippen LogP contribution in [0.3, 0.4) is 0 Å². The summed E-state index contributed by atoms with van der Waals surface area (Å²) in [6, 6.07) is 2.10. The lowest BCUT2D eigenvalue weighted by atomic mass is 10.0. The van der Waals surface area contributed by atoms with Gasteiger partial charge in [0, 0.05) is 18.9 Å². The Balaban J connectivity index is 2.19. The van der Waals surface area contributed by atoms with Crippen LogP contribution in [0.25, 0.3) is 0 Å². The number of aromatic nitrogens is 2. The largest absolute Gasteiger partial charge is 0.319 e. The van der Waals surface area contributed by atoms with Gasteiger partial charge in [0.15, 0.2) is 0 Å². The molecule has 1 atom stereocenters. The van der Waals surface area contributed by atoms with E-state index >= 15 is 0 Å². The Bertz CT molecular complexity index is 255. The molecule has 1 unspecified atom stereocenters. The molecule has 0 aliphatic rings. The van der Waals surface area contributed by atoms with E-state index in [4.69, 9.17) is 0 Å². The van der Waals surface area contributed by atoms with E-state index in [2.05, 4.69) is 23.4 Å². The van der Waals surface area contributed by atoms with Crippen molar-refractivity contribution in [1.29, 1.82) is 0 Å². The molecule has 80 valence electrons. The molecule has 0 amide bonds. The molecular weight excluding hydrogens is 174 g/mol. The van der Waals surface area contributed by atoms with Crippen molar-refractivity contribution < 1.29 is 0 Å². The quantitative estimate of drug-likeness (QED) is 0.747. The number of nitrogens with one attached hydrogen (secondary N) is 1. The molecule has 14 heavy (non-hydrogen) atoms. The van der Waals surface area contributed by atoms with Crippen molar-refractivity contribution in [2.75, 3.05) is 13.6 Å². The van der Waals surface area contributed by atoms with Gasteiger partial charge in [-0.2, -0.15) is 5.10 Å². The molecule has 0 saturated heterocycles. The third-order valence-electron chi connectivity index (χ3n) is 2.60. The third-order valence-corrected chi connectivity index (χ3v) is 2.60. The zero-order valence-electron chi connectivity index (χ0n) is 9.45. The van der Waals surface area contributed by atoms with Gasteiger partial charge >= 0.3 is 0 Å². The second-order valence-corrected chi connectivity index (χ2v) is 4.00. The summed E-state index contributed by atoms with van der Waals surface area (Å²) in [5.41, 5.74) is 1.33. The molecule has 0 radical (unpaired) electrons. The van der Waals surface area contributed by atoms with Crippen LogP contribution in [-0.2, 0) is 13.5 Å². The molecule has 0 saturated carbocycles. The van der Waals surface area contributed by atoms with Crippen molar-refractivity contribution in [3.05, 3.63) is 18.0 Å². The predicted molar refractivity (Wildman–Crippen MR) is 59.2 cm³/mol. The maximum absolute atomic E-state index is 4.16. The second-order valence-electron chi connectivity index (χ2n) is 4.00. The van der Waals surface area contributed by atoms with Gasteiger partial charge in [-0.1, -0.05) is 6.92 Å². The standard InChI is InChI=1S/C11H21N3/c1-10(9-12-2)5-4-6-11-7-8-13-14(11)3/h7-8,10,12H,4-6,9H2,1-3H3. The van der Waals surface area contributed by atoms with Crippen LogP contribution < -0.4 is 5.32 Å². The van der Waals surface area contributed by atoms with Crippen molar-refractivity contribution in [1.82, 2.24) is 15.1 Å². The molecule has 0 aliphatic heterocycles. The molecule has 1 N–H and O–H groups in total. The highest BCUT2D eigenvalue weighted by Crippen LogP contribution is 2.08. The Morgan fingerprint density at radius 3 is 2.93 bits per heavy atom. The lowest BCUT2D eigenvalue weighted by molar-refractivity contribution is 0.482. The zero-order valence-corrected chi connectivity index (χ0v) is 9.45. The monoisotopic (exact) mass is 195 g/mol. The molecule has 1 aromatic rings. The highest BCUT2D eigenvalue weighted by Gasteiger charge is 2.02. The van der Waals surface area contributed by atoms with Crippen LogP contribution >= 0.6 is 0 Å². The summed E-state index contributed by atoms with van der Waals surface area (Å²) in [4.78, 5) is 0. The van der Waals surface area contributed by atoms with E-state index < -0.39 is 0 Å². The molecular formula is C11H21N3. The van der Waals surface area contributed by atoms with Crippen molar-refractivity contribution in [3.8, 4) is 0 Å². The van der Waals surface area contributed by atoms with Crippen LogP contribution in [0.4, 0.5) is 0 Å². The summed E-state index contributed by atoms with van der Waals surface area (Å²) in [6.45, 7) is 3.41. The molecule has 1 aromatic heterocycles. The van der Waals surface area contributed by atoms with Gasteiger partial charge in [-0.15, -0.1) is 0 Å². The van der Waals surface area contributed by atoms with Gasteiger partial charge in [-0.05, 0) is 44.8 Å². The van der Waals surface area contributed by atoms with Crippen LogP contribution in [-0.4, -0.2) is 23.4 Å². The maximum Gasteiger partial charge on any atom is 0.0492 e. The van der Waals surface area contributed by atoms with Crippen molar-refractivity contribution in [3.63, 3.8) is 0 Å². The van der Waals surface area contributed by atoms with Crippen LogP contribution in [0.5, 0.6) is 0 Å². The molecule has 0 aliphatic carbocycles. The first kappa shape index (κ1) is 11.2. The Kier molecular flexibility index (Phi) is 4.66. The van der Waals surface area contributed by atoms with Crippen LogP contribution in [0.15, 0.2) is 12.3 Å². The maximum atomic E-state index is 4.16. The Morgan fingerprint density at radius 2 is 2.36 bits per heavy atom. The first-order valence-electron chi connectivity index (χ1n) is 5.35. The number of hydrogen-bond acceptors (Lipinski definition) is 2. The molecule has 3 heteroatoms. The summed E-state index contributed by atoms with van der Waals surface area (Å²) in [5.74, 6) is 0.772. The minimum atomic E-state index is 0.772. The predicted octanol–water partition coefficient (Wildman–Crippen LogP) is 1.60. The fourth-order valence-electron chi connectivity index (χ4n) is 1.73. The average molecular weight is 195 g/mol. The van der Waals surface area contributed by atoms with Gasteiger partial charge in [-0.3, -0.25) is 4.68 Å². The molecule has 1 rings (SSSR count). The van der Waals surface area contributed by atoms with E-state index in [0.717, 1.165) is 18.9 Å². The highest BCUT2D eigenvalue weighted by atomic mass is 15.2. The Labute approximate surface area is 86.5 Å². The normalized spacial score (nSPS) is 13.1. The summed E-state index contributed by atoms with van der Waals surface area (Å²) in [7, 11) is 4.02. The van der Waals surface area contributed by atoms with Crippen LogP contribution in [0.1, 0.15) is 25.5 Å². The van der Waals surface area contributed by atoms with E-state index in [1.165, 1.54) is 18.5 Å². The summed E-state index contributed by atoms with van der Waals surface area (Å²) >= 11 is 0. The van der Waals surface area contributed by atoms with Gasteiger partial charge in [0.2, 0.25) is 0 Å². The minimum Gasteiger partial charge on any atom is -0.319 e. The van der Waals surface area contributed by atoms with Gasteiger partial charge in [0.1, 0.15) is 0 Å². The smallest absolute Gasteiger partial charge is 0.0492 e. The van der Waals surface area contributed by atoms with Gasteiger partial charge in [0.25, 0.3) is 0 Å². The lowest BCUT2D eigenvalue weighted by Crippen LogP contribution is -2.16. The number of nitrogens with zero attached hydrogens (tertiary/aromatic N) is 2. The minimum absolute atomic E-state index is 0.772. The zero-order chi connectivity index (χ0) is 10.4. The van der Waals surface area contributed by atoms with Crippen molar-refractivity contribution >= 4 is 0 Å². The van der Waals surface area contributed by atoms with E-state index in [0.29, 0.717) is 0 Å². The first-order chi connectivity index (χ1) is 6.74. The van der Waals surface area contributed by atoms with E-state index in [1.54, 1.807) is 0 Å². The molecule has 0 spiro atoms. The van der Waals surface area contributed by atoms with E-state index in [9.17, 15) is 0 Å². The first-order valence-corrected chi connectivity index (χ1v) is 5.35. The van der Waals surface area contributed by atoms with Gasteiger partial charge < -0.3 is 5.32 Å². The fourth-order valence-corrected chi connectivity index (χ4v) is 1.73. The Morgan fingerprint density at radius 1 is 1.57 bits per heavy atom. The van der Waals surface area contributed by atoms with E-state index in [-0.39, 0.29) is 0 Å². The summed E-state index contributed by atoms with van der Waals surface area (Å²) in [5, 5.41) is 7.36. The second kappa shape index (κ2) is 5.81. The topological polar surface area (TPSA) is 29.9 Å². The van der Waals surface area contributed by atoms with Crippen LogP contribution in [0.2, 0.25) is 0 Å². The molecule has 0 bridgehead atoms. The van der Waals surface area contributed by atoms with Crippen LogP contribution in [0, 0.1) is 5.92 Å². The van der Waals surface area contributed by atoms with Crippen molar-refractivity contribution in [2.45, 2.75) is 26.2 Å². The SMILES string of the molecule is CNCC(C)CCCc1ccnn1C. The third kappa shape index (κ3) is 3.50. The van der Waals surface area contributed by atoms with Gasteiger partial charge in [0.05, 0.1) is 0 Å². The number of aryl methyl sites for hydroxylation is 2. The number of hydrogen-bond donors (Lipinski definition) is 1. The average Bonchev–Trinajstić information content (AvgIpc) is 2.52. The molecule has 3 nitrogen and oxygen atoms in total. The Hall–Kier alpha value is -0.830. The van der Waals surface area contributed by atoms with Crippen molar-refractivity contribution in [2.24, 2.45) is 13.0 Å². The molecule has 0 aromatic carbocycles. The molecule has 0 fully saturated rings. The van der Waals surface area contributed by atoms with E-state index in [1.807, 2.05) is 25.0 Å². The fraction of sp³-hybridized carbons (Fsp3) is 0.727. The molecule has 1 heterocycles. The number of rotatable bonds is 6. The highest BCUT2D eigenvalue weighted by molar-refractivity contribution is 4.99. The summed E-state index contributed by atoms with van der Waals surface area (Å²) in [6.07, 6.45) is 5.55.